The van der Waals surface area contributed by atoms with Crippen molar-refractivity contribution in [2.45, 2.75) is 45.8 Å². The second-order valence-electron chi connectivity index (χ2n) is 8.51. The number of anilines is 1. The van der Waals surface area contributed by atoms with Gasteiger partial charge in [-0.2, -0.15) is 12.7 Å². The summed E-state index contributed by atoms with van der Waals surface area (Å²) in [5, 5.41) is 3.42. The standard InChI is InChI=1S/C24H31Cl2FN4O4S/c1-6-16(2)28-24(33)17(3)30(14-18-11-12-19(25)20(26)13-18)23(32)15-31(36(34,35)29(4)5)22-10-8-7-9-21(22)27/h7-13,16-17H,6,14-15H2,1-5H3,(H,28,33). The van der Waals surface area contributed by atoms with Crippen molar-refractivity contribution in [2.24, 2.45) is 0 Å². The molecule has 2 aromatic rings. The van der Waals surface area contributed by atoms with Gasteiger partial charge in [0, 0.05) is 26.7 Å². The lowest BCUT2D eigenvalue weighted by molar-refractivity contribution is -0.139. The molecule has 0 aromatic heterocycles. The van der Waals surface area contributed by atoms with Crippen LogP contribution in [0, 0.1) is 5.82 Å². The molecule has 1 N–H and O–H groups in total. The topological polar surface area (TPSA) is 90.0 Å². The van der Waals surface area contributed by atoms with Crippen LogP contribution in [0.1, 0.15) is 32.8 Å². The molecule has 0 saturated heterocycles. The third-order valence-corrected chi connectivity index (χ3v) is 8.19. The van der Waals surface area contributed by atoms with Crippen LogP contribution in [0.25, 0.3) is 0 Å². The van der Waals surface area contributed by atoms with Crippen molar-refractivity contribution in [1.82, 2.24) is 14.5 Å². The first kappa shape index (κ1) is 29.8. The Balaban J connectivity index is 2.49. The fourth-order valence-corrected chi connectivity index (χ4v) is 4.62. The van der Waals surface area contributed by atoms with Crippen LogP contribution in [0.2, 0.25) is 10.0 Å². The fraction of sp³-hybridized carbons (Fsp3) is 0.417. The van der Waals surface area contributed by atoms with Crippen molar-refractivity contribution in [3.05, 3.63) is 63.9 Å². The first-order chi connectivity index (χ1) is 16.8. The summed E-state index contributed by atoms with van der Waals surface area (Å²) in [6, 6.07) is 8.94. The Kier molecular flexibility index (Phi) is 10.5. The van der Waals surface area contributed by atoms with Gasteiger partial charge in [-0.25, -0.2) is 8.70 Å². The van der Waals surface area contributed by atoms with E-state index in [0.717, 1.165) is 10.4 Å². The summed E-state index contributed by atoms with van der Waals surface area (Å²) in [6.07, 6.45) is 0.682. The van der Waals surface area contributed by atoms with E-state index in [1.54, 1.807) is 25.1 Å². The molecular weight excluding hydrogens is 530 g/mol. The fourth-order valence-electron chi connectivity index (χ4n) is 3.24. The lowest BCUT2D eigenvalue weighted by atomic mass is 10.1. The summed E-state index contributed by atoms with van der Waals surface area (Å²) in [5.41, 5.74) is 0.291. The molecule has 0 aliphatic carbocycles. The van der Waals surface area contributed by atoms with E-state index in [0.29, 0.717) is 21.3 Å². The van der Waals surface area contributed by atoms with Gasteiger partial charge in [0.15, 0.2) is 0 Å². The maximum atomic E-state index is 14.6. The number of benzene rings is 2. The van der Waals surface area contributed by atoms with E-state index < -0.39 is 40.4 Å². The van der Waals surface area contributed by atoms with Crippen LogP contribution in [0.5, 0.6) is 0 Å². The second kappa shape index (κ2) is 12.7. The Hall–Kier alpha value is -2.40. The molecule has 2 aromatic carbocycles. The molecule has 0 heterocycles. The summed E-state index contributed by atoms with van der Waals surface area (Å²) >= 11 is 12.1. The number of rotatable bonds is 11. The predicted octanol–water partition coefficient (Wildman–Crippen LogP) is 4.08. The minimum absolute atomic E-state index is 0.0576. The smallest absolute Gasteiger partial charge is 0.304 e. The van der Waals surface area contributed by atoms with Gasteiger partial charge >= 0.3 is 10.2 Å². The molecular formula is C24H31Cl2FN4O4S. The van der Waals surface area contributed by atoms with Gasteiger partial charge in [0.1, 0.15) is 18.4 Å². The number of para-hydroxylation sites is 1. The third kappa shape index (κ3) is 7.32. The first-order valence-corrected chi connectivity index (χ1v) is 13.4. The van der Waals surface area contributed by atoms with Gasteiger partial charge in [-0.3, -0.25) is 9.59 Å². The van der Waals surface area contributed by atoms with E-state index in [9.17, 15) is 22.4 Å². The molecule has 2 amide bonds. The monoisotopic (exact) mass is 560 g/mol. The van der Waals surface area contributed by atoms with Crippen molar-refractivity contribution in [2.75, 3.05) is 24.9 Å². The Morgan fingerprint density at radius 1 is 1.06 bits per heavy atom. The van der Waals surface area contributed by atoms with Crippen LogP contribution in [-0.4, -0.2) is 62.2 Å². The molecule has 36 heavy (non-hydrogen) atoms. The summed E-state index contributed by atoms with van der Waals surface area (Å²) in [6.45, 7) is 4.49. The van der Waals surface area contributed by atoms with E-state index in [1.807, 2.05) is 13.8 Å². The Labute approximate surface area is 222 Å². The normalized spacial score (nSPS) is 13.2. The van der Waals surface area contributed by atoms with Crippen LogP contribution >= 0.6 is 23.2 Å². The maximum absolute atomic E-state index is 14.6. The van der Waals surface area contributed by atoms with Gasteiger partial charge in [0.2, 0.25) is 11.8 Å². The van der Waals surface area contributed by atoms with Gasteiger partial charge in [0.25, 0.3) is 0 Å². The number of nitrogens with one attached hydrogen (secondary N) is 1. The average molecular weight is 562 g/mol. The Bertz CT molecular complexity index is 1200. The maximum Gasteiger partial charge on any atom is 0.304 e. The first-order valence-electron chi connectivity index (χ1n) is 11.3. The molecule has 0 aliphatic rings. The molecule has 2 atom stereocenters. The van der Waals surface area contributed by atoms with Crippen molar-refractivity contribution >= 4 is 50.9 Å². The lowest BCUT2D eigenvalue weighted by Crippen LogP contribution is -2.53. The van der Waals surface area contributed by atoms with Gasteiger partial charge in [0.05, 0.1) is 15.7 Å². The average Bonchev–Trinajstić information content (AvgIpc) is 2.82. The number of halogens is 3. The van der Waals surface area contributed by atoms with Gasteiger partial charge in [-0.1, -0.05) is 48.3 Å². The highest BCUT2D eigenvalue weighted by Crippen LogP contribution is 2.26. The summed E-state index contributed by atoms with van der Waals surface area (Å²) < 4.78 is 42.4. The highest BCUT2D eigenvalue weighted by atomic mass is 35.5. The van der Waals surface area contributed by atoms with Crippen molar-refractivity contribution in [3.8, 4) is 0 Å². The molecule has 8 nitrogen and oxygen atoms in total. The predicted molar refractivity (Wildman–Crippen MR) is 141 cm³/mol. The Morgan fingerprint density at radius 3 is 2.25 bits per heavy atom. The number of amides is 2. The van der Waals surface area contributed by atoms with E-state index in [2.05, 4.69) is 5.32 Å². The molecule has 0 radical (unpaired) electrons. The summed E-state index contributed by atoms with van der Waals surface area (Å²) in [4.78, 5) is 27.8. The molecule has 2 rings (SSSR count). The van der Waals surface area contributed by atoms with Crippen LogP contribution in [0.4, 0.5) is 10.1 Å². The molecule has 198 valence electrons. The molecule has 0 aliphatic heterocycles. The van der Waals surface area contributed by atoms with Crippen LogP contribution in [-0.2, 0) is 26.3 Å². The largest absolute Gasteiger partial charge is 0.352 e. The van der Waals surface area contributed by atoms with Crippen molar-refractivity contribution < 1.29 is 22.4 Å². The molecule has 0 bridgehead atoms. The summed E-state index contributed by atoms with van der Waals surface area (Å²) in [7, 11) is -1.69. The number of carbonyl (C=O) groups excluding carboxylic acids is 2. The minimum Gasteiger partial charge on any atom is -0.352 e. The highest BCUT2D eigenvalue weighted by Gasteiger charge is 2.34. The van der Waals surface area contributed by atoms with Gasteiger partial charge in [-0.15, -0.1) is 0 Å². The Morgan fingerprint density at radius 2 is 1.69 bits per heavy atom. The second-order valence-corrected chi connectivity index (χ2v) is 11.4. The lowest BCUT2D eigenvalue weighted by Gasteiger charge is -2.33. The van der Waals surface area contributed by atoms with Crippen LogP contribution < -0.4 is 9.62 Å². The number of carbonyl (C=O) groups is 2. The van der Waals surface area contributed by atoms with Crippen molar-refractivity contribution in [1.29, 1.82) is 0 Å². The number of nitrogens with zero attached hydrogens (tertiary/aromatic N) is 3. The quantitative estimate of drug-likeness (QED) is 0.448. The van der Waals surface area contributed by atoms with Crippen molar-refractivity contribution in [3.63, 3.8) is 0 Å². The SMILES string of the molecule is CCC(C)NC(=O)C(C)N(Cc1ccc(Cl)c(Cl)c1)C(=O)CN(c1ccccc1F)S(=O)(=O)N(C)C. The van der Waals surface area contributed by atoms with Gasteiger partial charge in [-0.05, 0) is 50.1 Å². The molecule has 2 unspecified atom stereocenters. The highest BCUT2D eigenvalue weighted by molar-refractivity contribution is 7.90. The zero-order valence-electron chi connectivity index (χ0n) is 20.8. The van der Waals surface area contributed by atoms with E-state index in [1.165, 1.54) is 37.2 Å². The van der Waals surface area contributed by atoms with Crippen LogP contribution in [0.15, 0.2) is 42.5 Å². The van der Waals surface area contributed by atoms with Crippen LogP contribution in [0.3, 0.4) is 0 Å². The third-order valence-electron chi connectivity index (χ3n) is 5.65. The zero-order valence-corrected chi connectivity index (χ0v) is 23.2. The molecule has 0 fully saturated rings. The number of hydrogen-bond donors (Lipinski definition) is 1. The van der Waals surface area contributed by atoms with Gasteiger partial charge < -0.3 is 10.2 Å². The minimum atomic E-state index is -4.26. The molecule has 0 saturated carbocycles. The number of hydrogen-bond acceptors (Lipinski definition) is 4. The molecule has 12 heteroatoms. The van der Waals surface area contributed by atoms with E-state index >= 15 is 0 Å². The zero-order chi connectivity index (χ0) is 27.2. The van der Waals surface area contributed by atoms with E-state index in [4.69, 9.17) is 23.2 Å². The van der Waals surface area contributed by atoms with E-state index in [-0.39, 0.29) is 23.3 Å². The summed E-state index contributed by atoms with van der Waals surface area (Å²) in [5.74, 6) is -1.93. The molecule has 0 spiro atoms.